The number of nitrogens with zero attached hydrogens (tertiary/aromatic N) is 1. The summed E-state index contributed by atoms with van der Waals surface area (Å²) in [5.41, 5.74) is 0.875. The van der Waals surface area contributed by atoms with Crippen molar-refractivity contribution in [2.75, 3.05) is 20.1 Å². The Morgan fingerprint density at radius 3 is 2.94 bits per heavy atom. The number of piperidine rings is 1. The van der Waals surface area contributed by atoms with Gasteiger partial charge >= 0.3 is 0 Å². The topological polar surface area (TPSA) is 55.7 Å². The third-order valence-electron chi connectivity index (χ3n) is 3.38. The molecule has 1 fully saturated rings. The van der Waals surface area contributed by atoms with Crippen molar-refractivity contribution in [3.63, 3.8) is 0 Å². The van der Waals surface area contributed by atoms with Crippen LogP contribution in [0.1, 0.15) is 18.4 Å². The summed E-state index contributed by atoms with van der Waals surface area (Å²) in [7, 11) is 1.99. The number of likely N-dealkylation sites (N-methyl/N-ethyl adjacent to an activating group) is 1. The second kappa shape index (κ2) is 5.38. The van der Waals surface area contributed by atoms with Crippen LogP contribution in [0.4, 0.5) is 0 Å². The third-order valence-corrected chi connectivity index (χ3v) is 3.38. The minimum atomic E-state index is 0.109. The second-order valence-electron chi connectivity index (χ2n) is 4.68. The molecule has 1 saturated heterocycles. The third kappa shape index (κ3) is 3.11. The number of benzene rings is 1. The molecule has 0 spiro atoms. The van der Waals surface area contributed by atoms with Gasteiger partial charge in [0.25, 0.3) is 0 Å². The van der Waals surface area contributed by atoms with E-state index in [9.17, 15) is 10.2 Å². The normalized spacial score (nSPS) is 21.6. The van der Waals surface area contributed by atoms with Gasteiger partial charge in [0.05, 0.1) is 0 Å². The number of hydrogen-bond acceptors (Lipinski definition) is 4. The molecule has 0 saturated carbocycles. The van der Waals surface area contributed by atoms with Crippen LogP contribution < -0.4 is 5.32 Å². The maximum Gasteiger partial charge on any atom is 0.123 e. The lowest BCUT2D eigenvalue weighted by Gasteiger charge is -2.32. The SMILES string of the molecule is CNC1CCCN(Cc2ccc(O)cc2O)C1. The monoisotopic (exact) mass is 236 g/mol. The summed E-state index contributed by atoms with van der Waals surface area (Å²) in [5.74, 6) is 0.287. The van der Waals surface area contributed by atoms with Crippen LogP contribution in [-0.2, 0) is 6.54 Å². The number of nitrogens with one attached hydrogen (secondary N) is 1. The zero-order valence-corrected chi connectivity index (χ0v) is 10.2. The Hall–Kier alpha value is -1.26. The highest BCUT2D eigenvalue weighted by Crippen LogP contribution is 2.24. The Bertz CT molecular complexity index is 382. The van der Waals surface area contributed by atoms with Crippen molar-refractivity contribution in [3.8, 4) is 11.5 Å². The summed E-state index contributed by atoms with van der Waals surface area (Å²) in [6.07, 6.45) is 2.40. The van der Waals surface area contributed by atoms with Gasteiger partial charge in [0.1, 0.15) is 11.5 Å². The van der Waals surface area contributed by atoms with Crippen molar-refractivity contribution in [2.24, 2.45) is 0 Å². The van der Waals surface area contributed by atoms with Crippen LogP contribution in [0, 0.1) is 0 Å². The van der Waals surface area contributed by atoms with Gasteiger partial charge in [0.15, 0.2) is 0 Å². The van der Waals surface area contributed by atoms with Gasteiger partial charge in [0.2, 0.25) is 0 Å². The van der Waals surface area contributed by atoms with Crippen molar-refractivity contribution >= 4 is 0 Å². The molecule has 4 nitrogen and oxygen atoms in total. The van der Waals surface area contributed by atoms with Crippen LogP contribution >= 0.6 is 0 Å². The van der Waals surface area contributed by atoms with Gasteiger partial charge in [-0.3, -0.25) is 4.90 Å². The molecule has 1 aliphatic heterocycles. The van der Waals surface area contributed by atoms with Gasteiger partial charge < -0.3 is 15.5 Å². The molecular weight excluding hydrogens is 216 g/mol. The lowest BCUT2D eigenvalue weighted by atomic mass is 10.0. The van der Waals surface area contributed by atoms with Crippen molar-refractivity contribution < 1.29 is 10.2 Å². The highest BCUT2D eigenvalue weighted by atomic mass is 16.3. The van der Waals surface area contributed by atoms with Crippen molar-refractivity contribution in [1.82, 2.24) is 10.2 Å². The molecule has 1 aromatic rings. The van der Waals surface area contributed by atoms with E-state index in [1.807, 2.05) is 7.05 Å². The van der Waals surface area contributed by atoms with E-state index in [0.29, 0.717) is 6.04 Å². The molecule has 1 aromatic carbocycles. The molecule has 1 atom stereocenters. The van der Waals surface area contributed by atoms with Crippen LogP contribution in [0.2, 0.25) is 0 Å². The van der Waals surface area contributed by atoms with Gasteiger partial charge in [-0.2, -0.15) is 0 Å². The molecule has 4 heteroatoms. The van der Waals surface area contributed by atoms with Gasteiger partial charge in [-0.25, -0.2) is 0 Å². The zero-order chi connectivity index (χ0) is 12.3. The molecule has 0 aromatic heterocycles. The summed E-state index contributed by atoms with van der Waals surface area (Å²) < 4.78 is 0. The van der Waals surface area contributed by atoms with Crippen molar-refractivity contribution in [3.05, 3.63) is 23.8 Å². The minimum absolute atomic E-state index is 0.109. The van der Waals surface area contributed by atoms with E-state index in [0.717, 1.165) is 25.2 Å². The Labute approximate surface area is 102 Å². The fourth-order valence-corrected chi connectivity index (χ4v) is 2.36. The number of aromatic hydroxyl groups is 2. The summed E-state index contributed by atoms with van der Waals surface area (Å²) in [6, 6.07) is 5.35. The average Bonchev–Trinajstić information content (AvgIpc) is 2.33. The van der Waals surface area contributed by atoms with Gasteiger partial charge in [-0.05, 0) is 32.5 Å². The minimum Gasteiger partial charge on any atom is -0.508 e. The molecule has 1 heterocycles. The Morgan fingerprint density at radius 2 is 2.24 bits per heavy atom. The fraction of sp³-hybridized carbons (Fsp3) is 0.538. The highest BCUT2D eigenvalue weighted by molar-refractivity contribution is 5.38. The summed E-state index contributed by atoms with van der Waals surface area (Å²) in [5, 5.41) is 22.3. The van der Waals surface area contributed by atoms with Crippen LogP contribution in [0.3, 0.4) is 0 Å². The number of phenols is 2. The van der Waals surface area contributed by atoms with Crippen molar-refractivity contribution in [2.45, 2.75) is 25.4 Å². The van der Waals surface area contributed by atoms with Crippen molar-refractivity contribution in [1.29, 1.82) is 0 Å². The first-order valence-corrected chi connectivity index (χ1v) is 6.09. The van der Waals surface area contributed by atoms with E-state index in [4.69, 9.17) is 0 Å². The van der Waals surface area contributed by atoms with Gasteiger partial charge in [0, 0.05) is 30.8 Å². The highest BCUT2D eigenvalue weighted by Gasteiger charge is 2.19. The van der Waals surface area contributed by atoms with E-state index >= 15 is 0 Å². The number of rotatable bonds is 3. The average molecular weight is 236 g/mol. The van der Waals surface area contributed by atoms with Crippen LogP contribution in [0.25, 0.3) is 0 Å². The molecule has 94 valence electrons. The number of phenolic OH excluding ortho intramolecular Hbond substituents is 2. The molecule has 1 unspecified atom stereocenters. The van der Waals surface area contributed by atoms with E-state index in [2.05, 4.69) is 10.2 Å². The van der Waals surface area contributed by atoms with E-state index in [1.54, 1.807) is 12.1 Å². The maximum absolute atomic E-state index is 9.74. The first-order valence-electron chi connectivity index (χ1n) is 6.09. The summed E-state index contributed by atoms with van der Waals surface area (Å²) >= 11 is 0. The molecule has 0 aliphatic carbocycles. The zero-order valence-electron chi connectivity index (χ0n) is 10.2. The fourth-order valence-electron chi connectivity index (χ4n) is 2.36. The Kier molecular flexibility index (Phi) is 3.86. The molecule has 0 amide bonds. The molecule has 17 heavy (non-hydrogen) atoms. The first-order chi connectivity index (χ1) is 8.19. The lowest BCUT2D eigenvalue weighted by Crippen LogP contribution is -2.43. The summed E-state index contributed by atoms with van der Waals surface area (Å²) in [4.78, 5) is 2.33. The van der Waals surface area contributed by atoms with Gasteiger partial charge in [-0.1, -0.05) is 6.07 Å². The van der Waals surface area contributed by atoms with Crippen LogP contribution in [0.5, 0.6) is 11.5 Å². The summed E-state index contributed by atoms with van der Waals surface area (Å²) in [6.45, 7) is 2.82. The van der Waals surface area contributed by atoms with Gasteiger partial charge in [-0.15, -0.1) is 0 Å². The smallest absolute Gasteiger partial charge is 0.123 e. The Morgan fingerprint density at radius 1 is 1.41 bits per heavy atom. The predicted octanol–water partition coefficient (Wildman–Crippen LogP) is 1.28. The molecule has 2 rings (SSSR count). The quantitative estimate of drug-likeness (QED) is 0.740. The van der Waals surface area contributed by atoms with Crippen LogP contribution in [-0.4, -0.2) is 41.3 Å². The number of hydrogen-bond donors (Lipinski definition) is 3. The molecule has 3 N–H and O–H groups in total. The van der Waals surface area contributed by atoms with Crippen LogP contribution in [0.15, 0.2) is 18.2 Å². The van der Waals surface area contributed by atoms with E-state index in [-0.39, 0.29) is 11.5 Å². The number of likely N-dealkylation sites (tertiary alicyclic amines) is 1. The molecular formula is C13H20N2O2. The largest absolute Gasteiger partial charge is 0.508 e. The first kappa shape index (κ1) is 12.2. The Balaban J connectivity index is 2.00. The molecule has 0 radical (unpaired) electrons. The second-order valence-corrected chi connectivity index (χ2v) is 4.68. The molecule has 0 bridgehead atoms. The lowest BCUT2D eigenvalue weighted by molar-refractivity contribution is 0.186. The van der Waals surface area contributed by atoms with E-state index in [1.165, 1.54) is 18.9 Å². The predicted molar refractivity (Wildman–Crippen MR) is 67.1 cm³/mol. The maximum atomic E-state index is 9.74. The standard InChI is InChI=1S/C13H20N2O2/c1-14-11-3-2-6-15(9-11)8-10-4-5-12(16)7-13(10)17/h4-5,7,11,14,16-17H,2-3,6,8-9H2,1H3. The molecule has 1 aliphatic rings. The van der Waals surface area contributed by atoms with E-state index < -0.39 is 0 Å².